The van der Waals surface area contributed by atoms with Gasteiger partial charge in [0.25, 0.3) is 0 Å². The van der Waals surface area contributed by atoms with E-state index in [4.69, 9.17) is 9.47 Å². The lowest BCUT2D eigenvalue weighted by Gasteiger charge is -2.24. The molecular formula is C12H12N4O2. The van der Waals surface area contributed by atoms with Gasteiger partial charge in [-0.15, -0.1) is 0 Å². The quantitative estimate of drug-likeness (QED) is 0.821. The molecule has 2 aromatic rings. The summed E-state index contributed by atoms with van der Waals surface area (Å²) in [7, 11) is 0. The van der Waals surface area contributed by atoms with Crippen molar-refractivity contribution in [3.8, 4) is 11.5 Å². The molecular weight excluding hydrogens is 232 g/mol. The zero-order valence-corrected chi connectivity index (χ0v) is 9.67. The van der Waals surface area contributed by atoms with Gasteiger partial charge in [0.05, 0.1) is 6.04 Å². The lowest BCUT2D eigenvalue weighted by Crippen LogP contribution is -2.24. The average Bonchev–Trinajstić information content (AvgIpc) is 3.05. The molecule has 0 aliphatic carbocycles. The van der Waals surface area contributed by atoms with Gasteiger partial charge in [0.15, 0.2) is 11.5 Å². The molecule has 1 N–H and O–H groups in total. The zero-order valence-electron chi connectivity index (χ0n) is 9.67. The molecule has 6 nitrogen and oxygen atoms in total. The van der Waals surface area contributed by atoms with Crippen LogP contribution in [-0.2, 0) is 0 Å². The molecule has 0 spiro atoms. The fraction of sp³-hybridized carbons (Fsp3) is 0.333. The molecule has 3 heterocycles. The van der Waals surface area contributed by atoms with Crippen LogP contribution < -0.4 is 14.8 Å². The largest absolute Gasteiger partial charge is 0.454 e. The van der Waals surface area contributed by atoms with Crippen LogP contribution in [0.3, 0.4) is 0 Å². The molecule has 1 aromatic carbocycles. The molecule has 1 unspecified atom stereocenters. The molecule has 0 bridgehead atoms. The van der Waals surface area contributed by atoms with Gasteiger partial charge >= 0.3 is 0 Å². The van der Waals surface area contributed by atoms with Crippen LogP contribution in [0.5, 0.6) is 11.5 Å². The van der Waals surface area contributed by atoms with Gasteiger partial charge in [0, 0.05) is 6.54 Å². The minimum absolute atomic E-state index is 0.207. The first kappa shape index (κ1) is 9.76. The number of aromatic nitrogens is 3. The van der Waals surface area contributed by atoms with E-state index in [1.165, 1.54) is 5.56 Å². The van der Waals surface area contributed by atoms with E-state index in [1.54, 1.807) is 6.33 Å². The van der Waals surface area contributed by atoms with Crippen LogP contribution in [-0.4, -0.2) is 28.1 Å². The summed E-state index contributed by atoms with van der Waals surface area (Å²) < 4.78 is 12.7. The van der Waals surface area contributed by atoms with Crippen LogP contribution in [0.15, 0.2) is 24.5 Å². The van der Waals surface area contributed by atoms with Crippen molar-refractivity contribution in [3.63, 3.8) is 0 Å². The first-order chi connectivity index (χ1) is 8.92. The maximum absolute atomic E-state index is 5.42. The van der Waals surface area contributed by atoms with Crippen molar-refractivity contribution < 1.29 is 9.47 Å². The number of hydrogen-bond acceptors (Lipinski definition) is 5. The third-order valence-electron chi connectivity index (χ3n) is 3.35. The second-order valence-electron chi connectivity index (χ2n) is 4.37. The van der Waals surface area contributed by atoms with Crippen molar-refractivity contribution in [2.24, 2.45) is 0 Å². The third kappa shape index (κ3) is 1.35. The second kappa shape index (κ2) is 3.63. The van der Waals surface area contributed by atoms with E-state index in [2.05, 4.69) is 21.5 Å². The molecule has 92 valence electrons. The zero-order chi connectivity index (χ0) is 11.9. The number of hydrogen-bond donors (Lipinski definition) is 1. The van der Waals surface area contributed by atoms with E-state index in [9.17, 15) is 0 Å². The van der Waals surface area contributed by atoms with Gasteiger partial charge in [-0.25, -0.2) is 4.68 Å². The monoisotopic (exact) mass is 244 g/mol. The fourth-order valence-electron chi connectivity index (χ4n) is 2.48. The highest BCUT2D eigenvalue weighted by atomic mass is 16.7. The molecule has 1 atom stereocenters. The summed E-state index contributed by atoms with van der Waals surface area (Å²) in [5.41, 5.74) is 1.17. The standard InChI is InChI=1S/C12H12N4O2/c1-2-10-11(18-7-17-10)5-8(1)9-3-4-13-12-14-6-15-16(9)12/h1-2,5-6,9H,3-4,7H2,(H,13,14,15). The average molecular weight is 244 g/mol. The smallest absolute Gasteiger partial charge is 0.231 e. The Bertz CT molecular complexity index is 596. The fourth-order valence-corrected chi connectivity index (χ4v) is 2.48. The third-order valence-corrected chi connectivity index (χ3v) is 3.35. The van der Waals surface area contributed by atoms with Gasteiger partial charge in [-0.3, -0.25) is 0 Å². The Morgan fingerprint density at radius 3 is 3.22 bits per heavy atom. The SMILES string of the molecule is c1nc2n(n1)C(c1ccc3c(c1)OCO3)CCN2. The first-order valence-electron chi connectivity index (χ1n) is 5.95. The Balaban J connectivity index is 1.76. The van der Waals surface area contributed by atoms with Crippen LogP contribution in [0.2, 0.25) is 0 Å². The van der Waals surface area contributed by atoms with E-state index in [1.807, 2.05) is 16.8 Å². The highest BCUT2D eigenvalue weighted by Crippen LogP contribution is 2.36. The van der Waals surface area contributed by atoms with E-state index < -0.39 is 0 Å². The maximum atomic E-state index is 5.42. The number of nitrogens with zero attached hydrogens (tertiary/aromatic N) is 3. The summed E-state index contributed by atoms with van der Waals surface area (Å²) in [6, 6.07) is 6.26. The van der Waals surface area contributed by atoms with Gasteiger partial charge < -0.3 is 14.8 Å². The van der Waals surface area contributed by atoms with Crippen molar-refractivity contribution in [1.29, 1.82) is 0 Å². The number of fused-ring (bicyclic) bond motifs is 2. The molecule has 2 aliphatic heterocycles. The number of anilines is 1. The molecule has 0 radical (unpaired) electrons. The first-order valence-corrected chi connectivity index (χ1v) is 5.95. The molecule has 18 heavy (non-hydrogen) atoms. The van der Waals surface area contributed by atoms with Crippen molar-refractivity contribution in [2.75, 3.05) is 18.7 Å². The predicted octanol–water partition coefficient (Wildman–Crippen LogP) is 1.41. The molecule has 0 saturated carbocycles. The summed E-state index contributed by atoms with van der Waals surface area (Å²) in [6.07, 6.45) is 2.56. The maximum Gasteiger partial charge on any atom is 0.231 e. The molecule has 0 amide bonds. The Hall–Kier alpha value is -2.24. The molecule has 6 heteroatoms. The van der Waals surface area contributed by atoms with Crippen molar-refractivity contribution >= 4 is 5.95 Å². The van der Waals surface area contributed by atoms with E-state index in [-0.39, 0.29) is 6.04 Å². The predicted molar refractivity (Wildman–Crippen MR) is 63.8 cm³/mol. The van der Waals surface area contributed by atoms with Crippen LogP contribution in [0.1, 0.15) is 18.0 Å². The van der Waals surface area contributed by atoms with Gasteiger partial charge in [-0.1, -0.05) is 6.07 Å². The Kier molecular flexibility index (Phi) is 1.97. The summed E-state index contributed by atoms with van der Waals surface area (Å²) in [4.78, 5) is 4.19. The van der Waals surface area contributed by atoms with Gasteiger partial charge in [0.1, 0.15) is 6.33 Å². The topological polar surface area (TPSA) is 61.2 Å². The van der Waals surface area contributed by atoms with Crippen LogP contribution in [0.4, 0.5) is 5.95 Å². The Labute approximate surface area is 104 Å². The lowest BCUT2D eigenvalue weighted by molar-refractivity contribution is 0.174. The van der Waals surface area contributed by atoms with Crippen LogP contribution >= 0.6 is 0 Å². The summed E-state index contributed by atoms with van der Waals surface area (Å²) in [6.45, 7) is 1.21. The molecule has 0 saturated heterocycles. The molecule has 0 fully saturated rings. The van der Waals surface area contributed by atoms with E-state index >= 15 is 0 Å². The highest BCUT2D eigenvalue weighted by Gasteiger charge is 2.24. The Morgan fingerprint density at radius 1 is 1.28 bits per heavy atom. The molecule has 1 aromatic heterocycles. The molecule has 4 rings (SSSR count). The molecule has 2 aliphatic rings. The minimum Gasteiger partial charge on any atom is -0.454 e. The summed E-state index contributed by atoms with van der Waals surface area (Å²) >= 11 is 0. The summed E-state index contributed by atoms with van der Waals surface area (Å²) in [5.74, 6) is 2.45. The van der Waals surface area contributed by atoms with Crippen molar-refractivity contribution in [1.82, 2.24) is 14.8 Å². The number of benzene rings is 1. The Morgan fingerprint density at radius 2 is 2.22 bits per heavy atom. The lowest BCUT2D eigenvalue weighted by atomic mass is 10.0. The normalized spacial score (nSPS) is 20.3. The van der Waals surface area contributed by atoms with Gasteiger partial charge in [-0.05, 0) is 24.1 Å². The summed E-state index contributed by atoms with van der Waals surface area (Å²) in [5, 5.41) is 7.51. The van der Waals surface area contributed by atoms with E-state index in [0.717, 1.165) is 30.4 Å². The number of ether oxygens (including phenoxy) is 2. The second-order valence-corrected chi connectivity index (χ2v) is 4.37. The van der Waals surface area contributed by atoms with Crippen LogP contribution in [0, 0.1) is 0 Å². The number of nitrogens with one attached hydrogen (secondary N) is 1. The van der Waals surface area contributed by atoms with Crippen molar-refractivity contribution in [3.05, 3.63) is 30.1 Å². The van der Waals surface area contributed by atoms with Gasteiger partial charge in [-0.2, -0.15) is 10.1 Å². The number of rotatable bonds is 1. The van der Waals surface area contributed by atoms with Crippen molar-refractivity contribution in [2.45, 2.75) is 12.5 Å². The van der Waals surface area contributed by atoms with E-state index in [0.29, 0.717) is 6.79 Å². The van der Waals surface area contributed by atoms with Crippen LogP contribution in [0.25, 0.3) is 0 Å². The van der Waals surface area contributed by atoms with Gasteiger partial charge in [0.2, 0.25) is 12.7 Å². The minimum atomic E-state index is 0.207. The highest BCUT2D eigenvalue weighted by molar-refractivity contribution is 5.46.